The van der Waals surface area contributed by atoms with E-state index in [1.165, 1.54) is 14.2 Å². The fourth-order valence-corrected chi connectivity index (χ4v) is 2.65. The largest absolute Gasteiger partial charge is 0.387 e. The molecule has 0 aliphatic carbocycles. The standard InChI is InChI=1S/C7H14O4S/c1-10-7(11-2)3-4-12(9)5-6(7)8/h6,8H,3-5H2,1-2H3/t6-,12+/m1/s1. The molecule has 1 saturated heterocycles. The Balaban J connectivity index is 2.70. The monoisotopic (exact) mass is 194 g/mol. The first-order valence-corrected chi connectivity index (χ1v) is 5.27. The Bertz CT molecular complexity index is 178. The molecule has 1 rings (SSSR count). The van der Waals surface area contributed by atoms with Gasteiger partial charge in [-0.2, -0.15) is 0 Å². The average molecular weight is 194 g/mol. The van der Waals surface area contributed by atoms with E-state index < -0.39 is 22.7 Å². The third-order valence-corrected chi connectivity index (χ3v) is 3.57. The number of hydrogen-bond acceptors (Lipinski definition) is 4. The van der Waals surface area contributed by atoms with Crippen LogP contribution in [-0.4, -0.2) is 46.9 Å². The molecule has 0 amide bonds. The van der Waals surface area contributed by atoms with Crippen molar-refractivity contribution >= 4 is 10.8 Å². The summed E-state index contributed by atoms with van der Waals surface area (Å²) >= 11 is 0. The third kappa shape index (κ3) is 1.69. The quantitative estimate of drug-likeness (QED) is 0.601. The topological polar surface area (TPSA) is 55.8 Å². The second-order valence-electron chi connectivity index (χ2n) is 2.80. The molecule has 1 heterocycles. The zero-order chi connectivity index (χ0) is 9.19. The molecule has 0 radical (unpaired) electrons. The minimum Gasteiger partial charge on any atom is -0.387 e. The van der Waals surface area contributed by atoms with Crippen LogP contribution in [0.15, 0.2) is 0 Å². The second kappa shape index (κ2) is 3.83. The fourth-order valence-electron chi connectivity index (χ4n) is 1.37. The van der Waals surface area contributed by atoms with Crippen LogP contribution in [0.25, 0.3) is 0 Å². The average Bonchev–Trinajstić information content (AvgIpc) is 2.06. The van der Waals surface area contributed by atoms with Gasteiger partial charge in [0.15, 0.2) is 5.79 Å². The van der Waals surface area contributed by atoms with E-state index in [2.05, 4.69) is 0 Å². The maximum Gasteiger partial charge on any atom is 0.195 e. The first-order chi connectivity index (χ1) is 5.64. The summed E-state index contributed by atoms with van der Waals surface area (Å²) in [5, 5.41) is 9.55. The highest BCUT2D eigenvalue weighted by atomic mass is 32.2. The van der Waals surface area contributed by atoms with Crippen molar-refractivity contribution in [1.29, 1.82) is 0 Å². The van der Waals surface area contributed by atoms with Crippen LogP contribution in [0.3, 0.4) is 0 Å². The van der Waals surface area contributed by atoms with Gasteiger partial charge in [0, 0.05) is 37.2 Å². The summed E-state index contributed by atoms with van der Waals surface area (Å²) in [6.07, 6.45) is -0.310. The predicted octanol–water partition coefficient (Wildman–Crippen LogP) is -0.511. The summed E-state index contributed by atoms with van der Waals surface area (Å²) in [6, 6.07) is 0. The lowest BCUT2D eigenvalue weighted by molar-refractivity contribution is -0.256. The van der Waals surface area contributed by atoms with Crippen molar-refractivity contribution in [2.75, 3.05) is 25.7 Å². The molecule has 4 nitrogen and oxygen atoms in total. The van der Waals surface area contributed by atoms with Gasteiger partial charge in [-0.1, -0.05) is 0 Å². The molecule has 1 aliphatic rings. The van der Waals surface area contributed by atoms with E-state index in [0.29, 0.717) is 12.2 Å². The number of methoxy groups -OCH3 is 2. The Labute approximate surface area is 74.3 Å². The van der Waals surface area contributed by atoms with E-state index in [9.17, 15) is 9.32 Å². The zero-order valence-corrected chi connectivity index (χ0v) is 8.10. The molecular weight excluding hydrogens is 180 g/mol. The van der Waals surface area contributed by atoms with E-state index in [4.69, 9.17) is 9.47 Å². The van der Waals surface area contributed by atoms with Crippen molar-refractivity contribution in [3.05, 3.63) is 0 Å². The Kier molecular flexibility index (Phi) is 3.22. The van der Waals surface area contributed by atoms with Crippen molar-refractivity contribution in [3.8, 4) is 0 Å². The Hall–Kier alpha value is 0.0300. The molecule has 1 aliphatic heterocycles. The molecule has 0 bridgehead atoms. The van der Waals surface area contributed by atoms with E-state index in [1.807, 2.05) is 0 Å². The van der Waals surface area contributed by atoms with Crippen molar-refractivity contribution in [2.45, 2.75) is 18.3 Å². The van der Waals surface area contributed by atoms with E-state index >= 15 is 0 Å². The molecule has 72 valence electrons. The number of hydrogen-bond donors (Lipinski definition) is 1. The lowest BCUT2D eigenvalue weighted by atomic mass is 10.1. The van der Waals surface area contributed by atoms with Gasteiger partial charge in [0.2, 0.25) is 0 Å². The minimum absolute atomic E-state index is 0.238. The first kappa shape index (κ1) is 10.1. The van der Waals surface area contributed by atoms with Gasteiger partial charge >= 0.3 is 0 Å². The summed E-state index contributed by atoms with van der Waals surface area (Å²) in [5.74, 6) is -0.172. The lowest BCUT2D eigenvalue weighted by Crippen LogP contribution is -2.53. The van der Waals surface area contributed by atoms with Crippen molar-refractivity contribution in [1.82, 2.24) is 0 Å². The van der Waals surface area contributed by atoms with Crippen LogP contribution in [0.1, 0.15) is 6.42 Å². The molecule has 12 heavy (non-hydrogen) atoms. The molecule has 2 atom stereocenters. The molecule has 0 aromatic heterocycles. The Morgan fingerprint density at radius 3 is 2.50 bits per heavy atom. The SMILES string of the molecule is COC1(OC)CC[S@](=O)C[C@H]1O. The Morgan fingerprint density at radius 1 is 1.50 bits per heavy atom. The molecule has 0 spiro atoms. The van der Waals surface area contributed by atoms with Gasteiger partial charge in [0.25, 0.3) is 0 Å². The zero-order valence-electron chi connectivity index (χ0n) is 7.28. The van der Waals surface area contributed by atoms with Crippen LogP contribution < -0.4 is 0 Å². The smallest absolute Gasteiger partial charge is 0.195 e. The third-order valence-electron chi connectivity index (χ3n) is 2.22. The normalized spacial score (nSPS) is 34.9. The number of rotatable bonds is 2. The molecule has 0 aromatic carbocycles. The summed E-state index contributed by atoms with van der Waals surface area (Å²) in [5.41, 5.74) is 0. The minimum atomic E-state index is -0.937. The molecule has 1 fully saturated rings. The van der Waals surface area contributed by atoms with Crippen molar-refractivity contribution in [2.24, 2.45) is 0 Å². The van der Waals surface area contributed by atoms with Crippen LogP contribution in [-0.2, 0) is 20.3 Å². The van der Waals surface area contributed by atoms with Crippen molar-refractivity contribution in [3.63, 3.8) is 0 Å². The highest BCUT2D eigenvalue weighted by molar-refractivity contribution is 7.85. The van der Waals surface area contributed by atoms with Gasteiger partial charge in [-0.15, -0.1) is 0 Å². The van der Waals surface area contributed by atoms with Crippen LogP contribution >= 0.6 is 0 Å². The van der Waals surface area contributed by atoms with E-state index in [0.717, 1.165) is 0 Å². The molecule has 0 unspecified atom stereocenters. The van der Waals surface area contributed by atoms with Crippen molar-refractivity contribution < 1.29 is 18.8 Å². The van der Waals surface area contributed by atoms with E-state index in [-0.39, 0.29) is 5.75 Å². The molecule has 5 heteroatoms. The summed E-state index contributed by atoms with van der Waals surface area (Å²) in [4.78, 5) is 0. The van der Waals surface area contributed by atoms with Gasteiger partial charge in [-0.25, -0.2) is 0 Å². The first-order valence-electron chi connectivity index (χ1n) is 3.78. The van der Waals surface area contributed by atoms with Gasteiger partial charge in [-0.3, -0.25) is 4.21 Å². The number of aliphatic hydroxyl groups is 1. The van der Waals surface area contributed by atoms with Gasteiger partial charge in [0.05, 0.1) is 5.75 Å². The lowest BCUT2D eigenvalue weighted by Gasteiger charge is -2.38. The van der Waals surface area contributed by atoms with Crippen LogP contribution in [0.4, 0.5) is 0 Å². The molecule has 1 N–H and O–H groups in total. The summed E-state index contributed by atoms with van der Waals surface area (Å²) in [7, 11) is 2.04. The maximum absolute atomic E-state index is 11.0. The fraction of sp³-hybridized carbons (Fsp3) is 1.00. The predicted molar refractivity (Wildman–Crippen MR) is 45.2 cm³/mol. The highest BCUT2D eigenvalue weighted by Gasteiger charge is 2.42. The molecule has 0 saturated carbocycles. The van der Waals surface area contributed by atoms with E-state index in [1.54, 1.807) is 0 Å². The second-order valence-corrected chi connectivity index (χ2v) is 4.42. The van der Waals surface area contributed by atoms with Crippen LogP contribution in [0.2, 0.25) is 0 Å². The molecular formula is C7H14O4S. The Morgan fingerprint density at radius 2 is 2.08 bits per heavy atom. The summed E-state index contributed by atoms with van der Waals surface area (Å²) < 4.78 is 21.2. The number of ether oxygens (including phenoxy) is 2. The van der Waals surface area contributed by atoms with Gasteiger partial charge in [0.1, 0.15) is 6.10 Å². The number of aliphatic hydroxyl groups excluding tert-OH is 1. The van der Waals surface area contributed by atoms with Gasteiger partial charge < -0.3 is 14.6 Å². The maximum atomic E-state index is 11.0. The van der Waals surface area contributed by atoms with Crippen LogP contribution in [0.5, 0.6) is 0 Å². The summed E-state index contributed by atoms with van der Waals surface area (Å²) in [6.45, 7) is 0. The van der Waals surface area contributed by atoms with Gasteiger partial charge in [-0.05, 0) is 0 Å². The molecule has 0 aromatic rings. The highest BCUT2D eigenvalue weighted by Crippen LogP contribution is 2.26. The van der Waals surface area contributed by atoms with Crippen LogP contribution in [0, 0.1) is 0 Å².